The van der Waals surface area contributed by atoms with Crippen molar-refractivity contribution in [3.63, 3.8) is 0 Å². The summed E-state index contributed by atoms with van der Waals surface area (Å²) < 4.78 is 24.7. The lowest BCUT2D eigenvalue weighted by Crippen LogP contribution is -2.36. The van der Waals surface area contributed by atoms with Gasteiger partial charge in [0.15, 0.2) is 0 Å². The van der Waals surface area contributed by atoms with Crippen molar-refractivity contribution in [3.05, 3.63) is 30.6 Å². The molecule has 7 nitrogen and oxygen atoms in total. The third-order valence-electron chi connectivity index (χ3n) is 2.52. The van der Waals surface area contributed by atoms with Crippen LogP contribution in [0.5, 0.6) is 0 Å². The normalized spacial score (nSPS) is 11.4. The Labute approximate surface area is 128 Å². The minimum atomic E-state index is -3.63. The van der Waals surface area contributed by atoms with Gasteiger partial charge in [-0.2, -0.15) is 4.68 Å². The van der Waals surface area contributed by atoms with Gasteiger partial charge in [-0.25, -0.2) is 18.2 Å². The molecule has 0 unspecified atom stereocenters. The predicted molar refractivity (Wildman–Crippen MR) is 79.9 cm³/mol. The summed E-state index contributed by atoms with van der Waals surface area (Å²) in [6.45, 7) is 10.4. The molecule has 0 spiro atoms. The van der Waals surface area contributed by atoms with E-state index in [1.165, 1.54) is 24.8 Å². The summed E-state index contributed by atoms with van der Waals surface area (Å²) in [6.07, 6.45) is 2.57. The second-order valence-corrected chi connectivity index (χ2v) is 7.47. The van der Waals surface area contributed by atoms with Crippen LogP contribution in [0, 0.1) is 0 Å². The molecule has 1 aromatic heterocycles. The summed E-state index contributed by atoms with van der Waals surface area (Å²) in [5, 5.41) is 2.95. The zero-order valence-electron chi connectivity index (χ0n) is 11.9. The third kappa shape index (κ3) is 4.15. The molecule has 0 saturated carbocycles. The molecule has 1 rings (SSSR count). The molecule has 1 heterocycles. The lowest BCUT2D eigenvalue weighted by Gasteiger charge is -2.19. The van der Waals surface area contributed by atoms with Crippen molar-refractivity contribution < 1.29 is 13.2 Å². The van der Waals surface area contributed by atoms with Crippen LogP contribution in [0.1, 0.15) is 13.8 Å². The Kier molecular flexibility index (Phi) is 5.68. The maximum Gasteiger partial charge on any atom is 0.346 e. The Hall–Kier alpha value is -1.67. The first kappa shape index (κ1) is 17.4. The fraction of sp³-hybridized carbons (Fsp3) is 0.417. The van der Waals surface area contributed by atoms with E-state index in [1.807, 2.05) is 0 Å². The molecule has 0 bridgehead atoms. The van der Waals surface area contributed by atoms with Crippen molar-refractivity contribution in [1.82, 2.24) is 19.7 Å². The lowest BCUT2D eigenvalue weighted by molar-refractivity contribution is 0.206. The summed E-state index contributed by atoms with van der Waals surface area (Å²) in [5.41, 5.74) is 0. The van der Waals surface area contributed by atoms with Gasteiger partial charge in [-0.3, -0.25) is 0 Å². The van der Waals surface area contributed by atoms with E-state index in [9.17, 15) is 13.2 Å². The number of halogens is 1. The van der Waals surface area contributed by atoms with Gasteiger partial charge in [0.25, 0.3) is 5.16 Å². The van der Waals surface area contributed by atoms with Crippen LogP contribution in [0.3, 0.4) is 0 Å². The Morgan fingerprint density at radius 3 is 2.67 bits per heavy atom. The molecule has 0 radical (unpaired) electrons. The number of hydrogen-bond donors (Lipinski definition) is 0. The van der Waals surface area contributed by atoms with Crippen LogP contribution >= 0.6 is 11.6 Å². The molecule has 0 N–H and O–H groups in total. The quantitative estimate of drug-likeness (QED) is 0.740. The van der Waals surface area contributed by atoms with Crippen molar-refractivity contribution in [1.29, 1.82) is 0 Å². The van der Waals surface area contributed by atoms with Crippen LogP contribution in [0.4, 0.5) is 4.79 Å². The molecule has 1 amide bonds. The molecule has 9 heteroatoms. The average Bonchev–Trinajstić information content (AvgIpc) is 2.86. The Balaban J connectivity index is 3.06. The average molecular weight is 333 g/mol. The molecule has 116 valence electrons. The topological polar surface area (TPSA) is 85.2 Å². The maximum absolute atomic E-state index is 12.2. The predicted octanol–water partition coefficient (Wildman–Crippen LogP) is 1.67. The van der Waals surface area contributed by atoms with Crippen LogP contribution in [-0.4, -0.2) is 52.5 Å². The molecule has 0 fully saturated rings. The molecule has 0 aliphatic carbocycles. The standard InChI is InChI=1S/C12H17ClN4O3S/c1-5-6-16(7-10(4)13)12(18)17-8-14-11(15-17)21(19,20)9(2)3/h5,8-9H,1,4,6-7H2,2-3H3. The van der Waals surface area contributed by atoms with Gasteiger partial charge < -0.3 is 4.90 Å². The van der Waals surface area contributed by atoms with Crippen molar-refractivity contribution in [2.24, 2.45) is 0 Å². The summed E-state index contributed by atoms with van der Waals surface area (Å²) >= 11 is 5.70. The van der Waals surface area contributed by atoms with Gasteiger partial charge in [-0.05, 0) is 13.8 Å². The first-order valence-electron chi connectivity index (χ1n) is 6.09. The number of rotatable bonds is 6. The molecule has 0 aliphatic rings. The van der Waals surface area contributed by atoms with E-state index in [4.69, 9.17) is 11.6 Å². The molecular formula is C12H17ClN4O3S. The largest absolute Gasteiger partial charge is 0.346 e. The van der Waals surface area contributed by atoms with E-state index < -0.39 is 21.1 Å². The number of aromatic nitrogens is 3. The Morgan fingerprint density at radius 2 is 2.19 bits per heavy atom. The monoisotopic (exact) mass is 332 g/mol. The fourth-order valence-corrected chi connectivity index (χ4v) is 2.36. The van der Waals surface area contributed by atoms with Gasteiger partial charge >= 0.3 is 6.03 Å². The van der Waals surface area contributed by atoms with E-state index in [0.717, 1.165) is 11.0 Å². The number of nitrogens with zero attached hydrogens (tertiary/aromatic N) is 4. The van der Waals surface area contributed by atoms with E-state index in [1.54, 1.807) is 0 Å². The maximum atomic E-state index is 12.2. The van der Waals surface area contributed by atoms with Gasteiger partial charge in [-0.15, -0.1) is 11.7 Å². The zero-order chi connectivity index (χ0) is 16.2. The van der Waals surface area contributed by atoms with E-state index in [0.29, 0.717) is 0 Å². The van der Waals surface area contributed by atoms with E-state index in [-0.39, 0.29) is 23.3 Å². The number of amides is 1. The third-order valence-corrected chi connectivity index (χ3v) is 4.58. The Morgan fingerprint density at radius 1 is 1.57 bits per heavy atom. The van der Waals surface area contributed by atoms with Crippen molar-refractivity contribution in [2.75, 3.05) is 13.1 Å². The number of hydrogen-bond acceptors (Lipinski definition) is 5. The molecule has 21 heavy (non-hydrogen) atoms. The lowest BCUT2D eigenvalue weighted by atomic mass is 10.4. The molecule has 0 saturated heterocycles. The number of carbonyl (C=O) groups excluding carboxylic acids is 1. The van der Waals surface area contributed by atoms with E-state index in [2.05, 4.69) is 23.2 Å². The summed E-state index contributed by atoms with van der Waals surface area (Å²) in [7, 11) is -3.63. The van der Waals surface area contributed by atoms with Gasteiger partial charge in [0.05, 0.1) is 11.8 Å². The second kappa shape index (κ2) is 6.86. The molecular weight excluding hydrogens is 316 g/mol. The SMILES string of the molecule is C=CCN(CC(=C)Cl)C(=O)n1cnc(S(=O)(=O)C(C)C)n1. The van der Waals surface area contributed by atoms with Gasteiger partial charge in [0.2, 0.25) is 9.84 Å². The zero-order valence-corrected chi connectivity index (χ0v) is 13.4. The minimum Gasteiger partial charge on any atom is -0.314 e. The Bertz CT molecular complexity index is 651. The van der Waals surface area contributed by atoms with E-state index >= 15 is 0 Å². The summed E-state index contributed by atoms with van der Waals surface area (Å²) in [6, 6.07) is -0.561. The number of carbonyl (C=O) groups is 1. The first-order chi connectivity index (χ1) is 9.70. The van der Waals surface area contributed by atoms with Crippen LogP contribution in [-0.2, 0) is 9.84 Å². The highest BCUT2D eigenvalue weighted by Crippen LogP contribution is 2.11. The van der Waals surface area contributed by atoms with Crippen LogP contribution in [0.15, 0.2) is 35.7 Å². The second-order valence-electron chi connectivity index (χ2n) is 4.53. The van der Waals surface area contributed by atoms with Gasteiger partial charge in [0.1, 0.15) is 6.33 Å². The fourth-order valence-electron chi connectivity index (χ4n) is 1.40. The van der Waals surface area contributed by atoms with Crippen molar-refractivity contribution in [3.8, 4) is 0 Å². The highest BCUT2D eigenvalue weighted by Gasteiger charge is 2.26. The van der Waals surface area contributed by atoms with Gasteiger partial charge in [0, 0.05) is 11.6 Å². The summed E-state index contributed by atoms with van der Waals surface area (Å²) in [4.78, 5) is 17.2. The number of sulfone groups is 1. The van der Waals surface area contributed by atoms with Crippen molar-refractivity contribution in [2.45, 2.75) is 24.3 Å². The van der Waals surface area contributed by atoms with Gasteiger partial charge in [-0.1, -0.05) is 24.3 Å². The summed E-state index contributed by atoms with van der Waals surface area (Å²) in [5.74, 6) is 0. The first-order valence-corrected chi connectivity index (χ1v) is 8.01. The van der Waals surface area contributed by atoms with Crippen LogP contribution < -0.4 is 0 Å². The highest BCUT2D eigenvalue weighted by atomic mass is 35.5. The van der Waals surface area contributed by atoms with Crippen molar-refractivity contribution >= 4 is 27.5 Å². The molecule has 0 aromatic carbocycles. The highest BCUT2D eigenvalue weighted by molar-refractivity contribution is 7.91. The molecule has 1 aromatic rings. The van der Waals surface area contributed by atoms with Crippen LogP contribution in [0.25, 0.3) is 0 Å². The van der Waals surface area contributed by atoms with Crippen LogP contribution in [0.2, 0.25) is 0 Å². The molecule has 0 aliphatic heterocycles. The smallest absolute Gasteiger partial charge is 0.314 e. The molecule has 0 atom stereocenters. The minimum absolute atomic E-state index is 0.0958.